The molecule has 0 aliphatic heterocycles. The van der Waals surface area contributed by atoms with Crippen molar-refractivity contribution in [2.75, 3.05) is 0 Å². The number of sulfone groups is 1. The van der Waals surface area contributed by atoms with Gasteiger partial charge in [0.15, 0.2) is 0 Å². The van der Waals surface area contributed by atoms with Crippen LogP contribution in [0.1, 0.15) is 55.9 Å². The highest BCUT2D eigenvalue weighted by Crippen LogP contribution is 2.56. The van der Waals surface area contributed by atoms with E-state index in [1.807, 2.05) is 13.8 Å². The number of aromatic hydroxyl groups is 1. The van der Waals surface area contributed by atoms with Gasteiger partial charge in [0.1, 0.15) is 17.1 Å². The molecule has 1 N–H and O–H groups in total. The first-order valence-corrected chi connectivity index (χ1v) is 15.0. The molecule has 4 aromatic carbocycles. The van der Waals surface area contributed by atoms with Gasteiger partial charge >= 0.3 is 12.4 Å². The van der Waals surface area contributed by atoms with Crippen LogP contribution in [-0.4, -0.2) is 25.9 Å². The zero-order valence-corrected chi connectivity index (χ0v) is 25.0. The fraction of sp³-hybridized carbons (Fsp3) is 0.273. The molecular formula is C33H30F6O4S. The van der Waals surface area contributed by atoms with E-state index in [1.54, 1.807) is 38.1 Å². The Hall–Kier alpha value is -3.99. The maximum atomic E-state index is 14.4. The summed E-state index contributed by atoms with van der Waals surface area (Å²) < 4.78 is 118. The van der Waals surface area contributed by atoms with Crippen LogP contribution in [0.25, 0.3) is 0 Å². The van der Waals surface area contributed by atoms with Gasteiger partial charge in [0.2, 0.25) is 15.3 Å². The zero-order chi connectivity index (χ0) is 32.7. The van der Waals surface area contributed by atoms with Gasteiger partial charge in [-0.2, -0.15) is 26.3 Å². The Balaban J connectivity index is 1.62. The number of phenolic OH excluding ortho intramolecular Hbond substituents is 1. The van der Waals surface area contributed by atoms with Crippen molar-refractivity contribution in [3.8, 4) is 11.5 Å². The molecule has 234 valence electrons. The first-order chi connectivity index (χ1) is 20.3. The zero-order valence-electron chi connectivity index (χ0n) is 24.2. The van der Waals surface area contributed by atoms with Gasteiger partial charge in [-0.05, 0) is 90.6 Å². The molecule has 0 aromatic heterocycles. The lowest BCUT2D eigenvalue weighted by molar-refractivity contribution is -0.288. The lowest BCUT2D eigenvalue weighted by atomic mass is 9.73. The number of hydrogen-bond acceptors (Lipinski definition) is 4. The average Bonchev–Trinajstić information content (AvgIpc) is 2.94. The van der Waals surface area contributed by atoms with Crippen LogP contribution in [0, 0.1) is 0 Å². The van der Waals surface area contributed by atoms with Gasteiger partial charge in [-0.3, -0.25) is 0 Å². The third-order valence-corrected chi connectivity index (χ3v) is 9.31. The van der Waals surface area contributed by atoms with E-state index >= 15 is 0 Å². The molecule has 0 saturated carbocycles. The van der Waals surface area contributed by atoms with E-state index in [0.717, 1.165) is 29.8 Å². The molecule has 4 aromatic rings. The molecule has 0 fully saturated rings. The molecule has 44 heavy (non-hydrogen) atoms. The Morgan fingerprint density at radius 3 is 1.41 bits per heavy atom. The van der Waals surface area contributed by atoms with E-state index in [4.69, 9.17) is 4.74 Å². The minimum Gasteiger partial charge on any atom is -0.508 e. The third-order valence-electron chi connectivity index (χ3n) is 7.53. The van der Waals surface area contributed by atoms with E-state index < -0.39 is 50.1 Å². The van der Waals surface area contributed by atoms with E-state index in [9.17, 15) is 39.9 Å². The van der Waals surface area contributed by atoms with Crippen molar-refractivity contribution < 1.29 is 44.6 Å². The Kier molecular flexibility index (Phi) is 8.60. The normalized spacial score (nSPS) is 13.2. The topological polar surface area (TPSA) is 63.6 Å². The smallest absolute Gasteiger partial charge is 0.411 e. The summed E-state index contributed by atoms with van der Waals surface area (Å²) >= 11 is 0. The second-order valence-corrected chi connectivity index (χ2v) is 13.1. The Morgan fingerprint density at radius 2 is 1.00 bits per heavy atom. The second-order valence-electron chi connectivity index (χ2n) is 11.2. The molecule has 0 bridgehead atoms. The number of benzene rings is 4. The second kappa shape index (κ2) is 11.5. The number of phenols is 1. The molecule has 0 aliphatic carbocycles. The van der Waals surface area contributed by atoms with Crippen molar-refractivity contribution in [2.24, 2.45) is 0 Å². The standard InChI is InChI=1S/C33H30F6O4S/c1-21(2)22-5-17-28(18-6-22)44(41,42)29-19-11-23(12-20-29)30(3,4)43-27-15-9-25(10-16-27)31(32(34,35)36,33(37,38)39)24-7-13-26(40)14-8-24/h5-21,40H,1-4H3. The summed E-state index contributed by atoms with van der Waals surface area (Å²) in [5.74, 6) is -0.255. The van der Waals surface area contributed by atoms with Crippen LogP contribution in [0.4, 0.5) is 26.3 Å². The van der Waals surface area contributed by atoms with E-state index in [1.165, 1.54) is 24.3 Å². The number of alkyl halides is 6. The fourth-order valence-electron chi connectivity index (χ4n) is 5.02. The SMILES string of the molecule is CC(C)c1ccc(S(=O)(=O)c2ccc(C(C)(C)Oc3ccc(C(c4ccc(O)cc4)(C(F)(F)F)C(F)(F)F)cc3)cc2)cc1. The molecule has 0 saturated heterocycles. The molecule has 0 spiro atoms. The van der Waals surface area contributed by atoms with Gasteiger partial charge in [-0.15, -0.1) is 0 Å². The van der Waals surface area contributed by atoms with E-state index in [0.29, 0.717) is 29.8 Å². The first kappa shape index (κ1) is 32.9. The summed E-state index contributed by atoms with van der Waals surface area (Å²) in [5, 5.41) is 9.46. The van der Waals surface area contributed by atoms with Crippen LogP contribution in [0.2, 0.25) is 0 Å². The van der Waals surface area contributed by atoms with Gasteiger partial charge < -0.3 is 9.84 Å². The average molecular weight is 637 g/mol. The van der Waals surface area contributed by atoms with Crippen molar-refractivity contribution in [3.05, 3.63) is 119 Å². The van der Waals surface area contributed by atoms with Crippen molar-refractivity contribution in [3.63, 3.8) is 0 Å². The fourth-order valence-corrected chi connectivity index (χ4v) is 6.28. The third kappa shape index (κ3) is 6.02. The maximum absolute atomic E-state index is 14.4. The number of ether oxygens (including phenoxy) is 1. The molecule has 11 heteroatoms. The highest BCUT2D eigenvalue weighted by molar-refractivity contribution is 7.91. The van der Waals surface area contributed by atoms with Crippen molar-refractivity contribution in [1.29, 1.82) is 0 Å². The van der Waals surface area contributed by atoms with Crippen molar-refractivity contribution in [1.82, 2.24) is 0 Å². The molecule has 0 radical (unpaired) electrons. The minimum absolute atomic E-state index is 0.00959. The molecule has 0 aliphatic rings. The highest BCUT2D eigenvalue weighted by Gasteiger charge is 2.72. The predicted octanol–water partition coefficient (Wildman–Crippen LogP) is 9.07. The summed E-state index contributed by atoms with van der Waals surface area (Å²) in [5.41, 5.74) is -6.18. The largest absolute Gasteiger partial charge is 0.508 e. The van der Waals surface area contributed by atoms with Gasteiger partial charge in [-0.25, -0.2) is 8.42 Å². The van der Waals surface area contributed by atoms with Crippen molar-refractivity contribution >= 4 is 9.84 Å². The molecule has 4 nitrogen and oxygen atoms in total. The van der Waals surface area contributed by atoms with E-state index in [-0.39, 0.29) is 21.5 Å². The minimum atomic E-state index is -5.78. The number of halogens is 6. The van der Waals surface area contributed by atoms with Crippen LogP contribution in [0.15, 0.2) is 107 Å². The Morgan fingerprint density at radius 1 is 0.614 bits per heavy atom. The lowest BCUT2D eigenvalue weighted by Gasteiger charge is -2.38. The van der Waals surface area contributed by atoms with Crippen LogP contribution in [0.3, 0.4) is 0 Å². The Bertz CT molecular complexity index is 1680. The molecule has 0 heterocycles. The molecule has 0 atom stereocenters. The van der Waals surface area contributed by atoms with Gasteiger partial charge in [0, 0.05) is 0 Å². The summed E-state index contributed by atoms with van der Waals surface area (Å²) in [6, 6.07) is 18.7. The summed E-state index contributed by atoms with van der Waals surface area (Å²) in [4.78, 5) is 0.176. The molecule has 4 rings (SSSR count). The van der Waals surface area contributed by atoms with Gasteiger partial charge in [0.05, 0.1) is 9.79 Å². The summed E-state index contributed by atoms with van der Waals surface area (Å²) in [6.07, 6.45) is -11.6. The van der Waals surface area contributed by atoms with Gasteiger partial charge in [-0.1, -0.05) is 62.4 Å². The predicted molar refractivity (Wildman–Crippen MR) is 154 cm³/mol. The quantitative estimate of drug-likeness (QED) is 0.196. The monoisotopic (exact) mass is 636 g/mol. The van der Waals surface area contributed by atoms with Gasteiger partial charge in [0.25, 0.3) is 0 Å². The molecule has 0 amide bonds. The Labute approximate surface area is 251 Å². The number of rotatable bonds is 8. The summed E-state index contributed by atoms with van der Waals surface area (Å²) in [7, 11) is -3.81. The lowest BCUT2D eigenvalue weighted by Crippen LogP contribution is -2.54. The summed E-state index contributed by atoms with van der Waals surface area (Å²) in [6.45, 7) is 7.25. The maximum Gasteiger partial charge on any atom is 0.411 e. The molecule has 0 unspecified atom stereocenters. The van der Waals surface area contributed by atoms with Crippen LogP contribution in [-0.2, 0) is 20.9 Å². The van der Waals surface area contributed by atoms with Crippen LogP contribution >= 0.6 is 0 Å². The van der Waals surface area contributed by atoms with E-state index in [2.05, 4.69) is 0 Å². The van der Waals surface area contributed by atoms with Crippen LogP contribution in [0.5, 0.6) is 11.5 Å². The first-order valence-electron chi connectivity index (χ1n) is 13.5. The van der Waals surface area contributed by atoms with Crippen molar-refractivity contribution in [2.45, 2.75) is 66.8 Å². The number of hydrogen-bond donors (Lipinski definition) is 1. The molecular weight excluding hydrogens is 606 g/mol. The van der Waals surface area contributed by atoms with Crippen LogP contribution < -0.4 is 4.74 Å². The highest BCUT2D eigenvalue weighted by atomic mass is 32.2.